The second-order valence-corrected chi connectivity index (χ2v) is 13.8. The molecule has 0 spiro atoms. The topological polar surface area (TPSA) is 88.4 Å². The molecule has 234 valence electrons. The molecule has 1 aliphatic rings. The van der Waals surface area contributed by atoms with Gasteiger partial charge in [-0.3, -0.25) is 9.36 Å². The van der Waals surface area contributed by atoms with Gasteiger partial charge in [-0.1, -0.05) is 46.7 Å². The van der Waals surface area contributed by atoms with Crippen LogP contribution in [0.25, 0.3) is 6.08 Å². The van der Waals surface area contributed by atoms with E-state index in [0.29, 0.717) is 61.0 Å². The maximum absolute atomic E-state index is 14.1. The summed E-state index contributed by atoms with van der Waals surface area (Å²) in [5.74, 6) is 1.09. The van der Waals surface area contributed by atoms with Crippen molar-refractivity contribution in [2.24, 2.45) is 4.99 Å². The molecule has 4 aromatic rings. The van der Waals surface area contributed by atoms with Gasteiger partial charge in [0.05, 0.1) is 40.0 Å². The minimum Gasteiger partial charge on any atom is -0.490 e. The lowest BCUT2D eigenvalue weighted by molar-refractivity contribution is -0.136. The largest absolute Gasteiger partial charge is 0.490 e. The fraction of sp³-hybridized carbons (Fsp3) is 0.219. The molecule has 1 aromatic heterocycles. The number of methoxy groups -OCH3 is 1. The molecule has 13 heteroatoms. The number of ether oxygens (including phenoxy) is 4. The summed E-state index contributed by atoms with van der Waals surface area (Å²) in [6.45, 7) is 4.83. The number of nitrogens with zero attached hydrogens (tertiary/aromatic N) is 2. The third-order valence-electron chi connectivity index (χ3n) is 6.72. The van der Waals surface area contributed by atoms with Crippen LogP contribution in [-0.4, -0.2) is 30.9 Å². The molecule has 3 aromatic carbocycles. The van der Waals surface area contributed by atoms with Crippen molar-refractivity contribution in [1.82, 2.24) is 4.57 Å². The van der Waals surface area contributed by atoms with Crippen LogP contribution in [0.15, 0.2) is 70.1 Å². The van der Waals surface area contributed by atoms with E-state index in [1.54, 1.807) is 30.3 Å². The SMILES string of the molecule is CCOc1ccc([C@@H]2C(C(=O)OC)=CN=c3s/c(=C/c4cc(I)cc(I)c4OCc4ccc(Cl)cc4Cl)c(=O)n32)cc1OCC. The van der Waals surface area contributed by atoms with E-state index in [-0.39, 0.29) is 17.7 Å². The zero-order chi connectivity index (χ0) is 32.2. The molecule has 5 rings (SSSR count). The Morgan fingerprint density at radius 3 is 2.49 bits per heavy atom. The zero-order valence-electron chi connectivity index (χ0n) is 24.2. The van der Waals surface area contributed by atoms with E-state index in [4.69, 9.17) is 42.1 Å². The predicted molar refractivity (Wildman–Crippen MR) is 193 cm³/mol. The van der Waals surface area contributed by atoms with Gasteiger partial charge in [-0.2, -0.15) is 0 Å². The van der Waals surface area contributed by atoms with Crippen LogP contribution in [0.3, 0.4) is 0 Å². The minimum absolute atomic E-state index is 0.205. The van der Waals surface area contributed by atoms with Crippen LogP contribution in [-0.2, 0) is 16.1 Å². The number of rotatable bonds is 10. The van der Waals surface area contributed by atoms with Gasteiger partial charge in [-0.15, -0.1) is 0 Å². The average molecular weight is 891 g/mol. The number of hydrogen-bond donors (Lipinski definition) is 0. The number of fused-ring (bicyclic) bond motifs is 1. The molecule has 0 unspecified atom stereocenters. The summed E-state index contributed by atoms with van der Waals surface area (Å²) < 4.78 is 26.7. The predicted octanol–water partition coefficient (Wildman–Crippen LogP) is 6.91. The molecular formula is C32H26Cl2I2N2O6S. The van der Waals surface area contributed by atoms with E-state index >= 15 is 0 Å². The Morgan fingerprint density at radius 2 is 1.78 bits per heavy atom. The first-order valence-corrected chi connectivity index (χ1v) is 17.4. The van der Waals surface area contributed by atoms with Crippen LogP contribution < -0.4 is 29.1 Å². The average Bonchev–Trinajstić information content (AvgIpc) is 3.32. The molecule has 45 heavy (non-hydrogen) atoms. The van der Waals surface area contributed by atoms with Crippen molar-refractivity contribution in [3.8, 4) is 17.2 Å². The van der Waals surface area contributed by atoms with Gasteiger partial charge in [0, 0.05) is 30.9 Å². The van der Waals surface area contributed by atoms with E-state index in [9.17, 15) is 9.59 Å². The molecule has 0 radical (unpaired) electrons. The fourth-order valence-electron chi connectivity index (χ4n) is 4.76. The van der Waals surface area contributed by atoms with Crippen molar-refractivity contribution in [1.29, 1.82) is 0 Å². The highest BCUT2D eigenvalue weighted by molar-refractivity contribution is 14.1. The smallest absolute Gasteiger partial charge is 0.337 e. The standard InChI is InChI=1S/C32H26Cl2I2N2O6S/c1-4-42-25-9-7-17(11-26(25)43-5-2)28-22(31(40)41-3)15-37-32-38(28)30(39)27(45-32)12-19-10-21(35)14-24(36)29(19)44-16-18-6-8-20(33)13-23(18)34/h6-15,28H,4-5,16H2,1-3H3/b27-12+/t28-/m1/s1. The summed E-state index contributed by atoms with van der Waals surface area (Å²) in [7, 11) is 1.30. The lowest BCUT2D eigenvalue weighted by atomic mass is 9.97. The molecular weight excluding hydrogens is 865 g/mol. The highest BCUT2D eigenvalue weighted by Crippen LogP contribution is 2.35. The molecule has 0 aliphatic carbocycles. The summed E-state index contributed by atoms with van der Waals surface area (Å²) in [6, 6.07) is 13.8. The summed E-state index contributed by atoms with van der Waals surface area (Å²) >= 11 is 18.1. The molecule has 1 atom stereocenters. The van der Waals surface area contributed by atoms with Crippen molar-refractivity contribution in [2.45, 2.75) is 26.5 Å². The van der Waals surface area contributed by atoms with Crippen LogP contribution in [0.1, 0.15) is 36.6 Å². The molecule has 0 N–H and O–H groups in total. The van der Waals surface area contributed by atoms with Gasteiger partial charge in [0.25, 0.3) is 5.56 Å². The van der Waals surface area contributed by atoms with Gasteiger partial charge in [0.1, 0.15) is 12.4 Å². The maximum atomic E-state index is 14.1. The van der Waals surface area contributed by atoms with Crippen molar-refractivity contribution >= 4 is 91.8 Å². The second kappa shape index (κ2) is 14.9. The number of halogens is 4. The Kier molecular flexibility index (Phi) is 11.2. The fourth-order valence-corrected chi connectivity index (χ4v) is 8.23. The minimum atomic E-state index is -0.801. The highest BCUT2D eigenvalue weighted by atomic mass is 127. The van der Waals surface area contributed by atoms with Gasteiger partial charge in [0.2, 0.25) is 0 Å². The lowest BCUT2D eigenvalue weighted by Gasteiger charge is -2.23. The first-order chi connectivity index (χ1) is 21.6. The van der Waals surface area contributed by atoms with E-state index in [1.807, 2.05) is 38.1 Å². The van der Waals surface area contributed by atoms with Crippen molar-refractivity contribution in [2.75, 3.05) is 20.3 Å². The molecule has 8 nitrogen and oxygen atoms in total. The van der Waals surface area contributed by atoms with E-state index < -0.39 is 12.0 Å². The van der Waals surface area contributed by atoms with Gasteiger partial charge in [-0.05, 0) is 107 Å². The summed E-state index contributed by atoms with van der Waals surface area (Å²) in [4.78, 5) is 32.0. The summed E-state index contributed by atoms with van der Waals surface area (Å²) in [6.07, 6.45) is 3.25. The quantitative estimate of drug-likeness (QED) is 0.127. The Labute approximate surface area is 300 Å². The Hall–Kier alpha value is -2.59. The molecule has 0 amide bonds. The molecule has 0 saturated heterocycles. The van der Waals surface area contributed by atoms with Crippen molar-refractivity contribution in [3.05, 3.63) is 114 Å². The van der Waals surface area contributed by atoms with Crippen LogP contribution >= 0.6 is 79.7 Å². The van der Waals surface area contributed by atoms with Crippen molar-refractivity contribution in [3.63, 3.8) is 0 Å². The third-order valence-corrected chi connectivity index (χ3v) is 9.73. The molecule has 0 fully saturated rings. The van der Waals surface area contributed by atoms with Crippen molar-refractivity contribution < 1.29 is 23.7 Å². The number of thiazole rings is 1. The normalized spacial score (nSPS) is 14.3. The van der Waals surface area contributed by atoms with Gasteiger partial charge in [-0.25, -0.2) is 9.79 Å². The monoisotopic (exact) mass is 890 g/mol. The third kappa shape index (κ3) is 7.37. The Balaban J connectivity index is 1.62. The number of esters is 1. The number of benzene rings is 3. The van der Waals surface area contributed by atoms with Gasteiger partial charge < -0.3 is 18.9 Å². The van der Waals surface area contributed by atoms with E-state index in [2.05, 4.69) is 50.2 Å². The first kappa shape index (κ1) is 33.8. The number of hydrogen-bond acceptors (Lipinski definition) is 8. The molecule has 0 bridgehead atoms. The van der Waals surface area contributed by atoms with Crippen LogP contribution in [0.5, 0.6) is 17.2 Å². The molecule has 0 saturated carbocycles. The maximum Gasteiger partial charge on any atom is 0.337 e. The Bertz CT molecular complexity index is 1990. The van der Waals surface area contributed by atoms with Crippen LogP contribution in [0, 0.1) is 7.14 Å². The zero-order valence-corrected chi connectivity index (χ0v) is 30.9. The van der Waals surface area contributed by atoms with Crippen LogP contribution in [0.4, 0.5) is 0 Å². The second-order valence-electron chi connectivity index (χ2n) is 9.58. The summed E-state index contributed by atoms with van der Waals surface area (Å²) in [5.41, 5.74) is 2.04. The van der Waals surface area contributed by atoms with E-state index in [1.165, 1.54) is 29.2 Å². The van der Waals surface area contributed by atoms with Gasteiger partial charge >= 0.3 is 5.97 Å². The summed E-state index contributed by atoms with van der Waals surface area (Å²) in [5, 5.41) is 1.04. The molecule has 2 heterocycles. The number of carbonyl (C=O) groups excluding carboxylic acids is 1. The first-order valence-electron chi connectivity index (χ1n) is 13.7. The van der Waals surface area contributed by atoms with Crippen LogP contribution in [0.2, 0.25) is 10.0 Å². The highest BCUT2D eigenvalue weighted by Gasteiger charge is 2.31. The molecule has 1 aliphatic heterocycles. The Morgan fingerprint density at radius 1 is 1.02 bits per heavy atom. The number of aromatic nitrogens is 1. The van der Waals surface area contributed by atoms with Gasteiger partial charge in [0.15, 0.2) is 16.3 Å². The lowest BCUT2D eigenvalue weighted by Crippen LogP contribution is -2.39. The van der Waals surface area contributed by atoms with E-state index in [0.717, 1.165) is 12.7 Å². The number of carbonyl (C=O) groups is 1.